The number of non-ortho nitro benzene ring substituents is 1. The summed E-state index contributed by atoms with van der Waals surface area (Å²) < 4.78 is 11.2. The van der Waals surface area contributed by atoms with Crippen molar-refractivity contribution in [2.45, 2.75) is 13.5 Å². The first-order valence-corrected chi connectivity index (χ1v) is 10.4. The van der Waals surface area contributed by atoms with E-state index in [1.165, 1.54) is 25.3 Å². The van der Waals surface area contributed by atoms with Crippen molar-refractivity contribution in [3.63, 3.8) is 0 Å². The Morgan fingerprint density at radius 1 is 1.18 bits per heavy atom. The second-order valence-corrected chi connectivity index (χ2v) is 7.57. The van der Waals surface area contributed by atoms with Crippen LogP contribution in [0.5, 0.6) is 11.5 Å². The van der Waals surface area contributed by atoms with Crippen molar-refractivity contribution in [3.05, 3.63) is 98.1 Å². The molecular formula is C25H20ClN3O5. The van der Waals surface area contributed by atoms with Gasteiger partial charge in [-0.3, -0.25) is 14.9 Å². The molecule has 0 radical (unpaired) electrons. The molecule has 0 fully saturated rings. The van der Waals surface area contributed by atoms with E-state index in [9.17, 15) is 20.2 Å². The molecule has 0 unspecified atom stereocenters. The van der Waals surface area contributed by atoms with Crippen LogP contribution in [-0.4, -0.2) is 17.9 Å². The summed E-state index contributed by atoms with van der Waals surface area (Å²) in [6.45, 7) is 1.95. The second kappa shape index (κ2) is 11.0. The molecule has 34 heavy (non-hydrogen) atoms. The number of nitrogens with zero attached hydrogens (tertiary/aromatic N) is 2. The third kappa shape index (κ3) is 5.91. The molecule has 3 aromatic carbocycles. The number of anilines is 1. The lowest BCUT2D eigenvalue weighted by molar-refractivity contribution is -0.384. The molecule has 1 amide bonds. The average molecular weight is 478 g/mol. The number of nitrogens with one attached hydrogen (secondary N) is 1. The van der Waals surface area contributed by atoms with Crippen LogP contribution in [-0.2, 0) is 11.4 Å². The first kappa shape index (κ1) is 24.3. The fourth-order valence-electron chi connectivity index (χ4n) is 3.02. The zero-order valence-electron chi connectivity index (χ0n) is 18.4. The molecular weight excluding hydrogens is 458 g/mol. The molecule has 0 heterocycles. The predicted octanol–water partition coefficient (Wildman–Crippen LogP) is 5.69. The van der Waals surface area contributed by atoms with Crippen LogP contribution in [0.3, 0.4) is 0 Å². The molecule has 9 heteroatoms. The third-order valence-corrected chi connectivity index (χ3v) is 5.33. The summed E-state index contributed by atoms with van der Waals surface area (Å²) in [7, 11) is 1.47. The molecule has 3 rings (SSSR count). The summed E-state index contributed by atoms with van der Waals surface area (Å²) in [5, 5.41) is 23.5. The van der Waals surface area contributed by atoms with Crippen LogP contribution in [0, 0.1) is 28.4 Å². The summed E-state index contributed by atoms with van der Waals surface area (Å²) in [4.78, 5) is 22.9. The van der Waals surface area contributed by atoms with Gasteiger partial charge in [-0.25, -0.2) is 0 Å². The van der Waals surface area contributed by atoms with E-state index in [0.29, 0.717) is 33.3 Å². The van der Waals surface area contributed by atoms with E-state index < -0.39 is 10.8 Å². The highest BCUT2D eigenvalue weighted by molar-refractivity contribution is 6.31. The molecule has 0 aliphatic carbocycles. The summed E-state index contributed by atoms with van der Waals surface area (Å²) in [6, 6.07) is 18.1. The van der Waals surface area contributed by atoms with Crippen LogP contribution >= 0.6 is 11.6 Å². The smallest absolute Gasteiger partial charge is 0.269 e. The Kier molecular flexibility index (Phi) is 7.85. The van der Waals surface area contributed by atoms with E-state index in [4.69, 9.17) is 21.1 Å². The lowest BCUT2D eigenvalue weighted by Crippen LogP contribution is -2.14. The van der Waals surface area contributed by atoms with Gasteiger partial charge >= 0.3 is 0 Å². The Bertz CT molecular complexity index is 1300. The Balaban J connectivity index is 1.75. The molecule has 3 aromatic rings. The number of carbonyl (C=O) groups is 1. The number of benzene rings is 3. The van der Waals surface area contributed by atoms with Gasteiger partial charge in [0.05, 0.1) is 12.0 Å². The van der Waals surface area contributed by atoms with Gasteiger partial charge in [0, 0.05) is 22.8 Å². The largest absolute Gasteiger partial charge is 0.493 e. The number of nitro groups is 1. The number of amides is 1. The van der Waals surface area contributed by atoms with Gasteiger partial charge in [0.25, 0.3) is 11.6 Å². The maximum atomic E-state index is 12.6. The topological polar surface area (TPSA) is 114 Å². The minimum absolute atomic E-state index is 0.000303. The van der Waals surface area contributed by atoms with E-state index in [2.05, 4.69) is 5.32 Å². The maximum Gasteiger partial charge on any atom is 0.269 e. The Morgan fingerprint density at radius 2 is 1.91 bits per heavy atom. The highest BCUT2D eigenvalue weighted by atomic mass is 35.5. The van der Waals surface area contributed by atoms with E-state index in [0.717, 1.165) is 5.56 Å². The molecule has 0 aromatic heterocycles. The lowest BCUT2D eigenvalue weighted by Gasteiger charge is -2.12. The molecule has 172 valence electrons. The van der Waals surface area contributed by atoms with E-state index in [1.54, 1.807) is 55.5 Å². The van der Waals surface area contributed by atoms with Crippen molar-refractivity contribution in [3.8, 4) is 17.6 Å². The van der Waals surface area contributed by atoms with Crippen LogP contribution in [0.2, 0.25) is 5.02 Å². The first-order valence-electron chi connectivity index (χ1n) is 10.0. The van der Waals surface area contributed by atoms with Gasteiger partial charge in [-0.05, 0) is 66.1 Å². The predicted molar refractivity (Wildman–Crippen MR) is 129 cm³/mol. The molecule has 0 atom stereocenters. The number of rotatable bonds is 8. The molecule has 1 N–H and O–H groups in total. The van der Waals surface area contributed by atoms with Gasteiger partial charge < -0.3 is 14.8 Å². The summed E-state index contributed by atoms with van der Waals surface area (Å²) in [5.41, 5.74) is 2.43. The van der Waals surface area contributed by atoms with Gasteiger partial charge in [0.15, 0.2) is 11.5 Å². The minimum Gasteiger partial charge on any atom is -0.493 e. The van der Waals surface area contributed by atoms with Crippen LogP contribution in [0.25, 0.3) is 6.08 Å². The highest BCUT2D eigenvalue weighted by Gasteiger charge is 2.13. The number of halogens is 1. The van der Waals surface area contributed by atoms with Crippen molar-refractivity contribution in [2.24, 2.45) is 0 Å². The number of hydrogen-bond donors (Lipinski definition) is 1. The van der Waals surface area contributed by atoms with Crippen LogP contribution < -0.4 is 14.8 Å². The minimum atomic E-state index is -0.565. The lowest BCUT2D eigenvalue weighted by atomic mass is 10.1. The standard InChI is InChI=1S/C25H20ClN3O5/c1-16-21(26)4-3-5-22(16)28-25(30)19(14-27)12-18-8-11-23(24(13-18)33-2)34-15-17-6-9-20(10-7-17)29(31)32/h3-13H,15H2,1-2H3,(H,28,30)/b19-12+. The average Bonchev–Trinajstić information content (AvgIpc) is 2.84. The normalized spacial score (nSPS) is 10.8. The fraction of sp³-hybridized carbons (Fsp3) is 0.120. The maximum absolute atomic E-state index is 12.6. The fourth-order valence-corrected chi connectivity index (χ4v) is 3.19. The van der Waals surface area contributed by atoms with Crippen molar-refractivity contribution in [1.82, 2.24) is 0 Å². The molecule has 0 saturated carbocycles. The van der Waals surface area contributed by atoms with Gasteiger partial charge in [-0.2, -0.15) is 5.26 Å². The summed E-state index contributed by atoms with van der Waals surface area (Å²) in [6.07, 6.45) is 1.44. The number of hydrogen-bond acceptors (Lipinski definition) is 6. The highest BCUT2D eigenvalue weighted by Crippen LogP contribution is 2.30. The number of carbonyl (C=O) groups excluding carboxylic acids is 1. The first-order chi connectivity index (χ1) is 16.3. The molecule has 8 nitrogen and oxygen atoms in total. The number of methoxy groups -OCH3 is 1. The molecule has 0 saturated heterocycles. The van der Waals surface area contributed by atoms with Crippen LogP contribution in [0.15, 0.2) is 66.2 Å². The van der Waals surface area contributed by atoms with Gasteiger partial charge in [0.2, 0.25) is 0 Å². The van der Waals surface area contributed by atoms with Crippen molar-refractivity contribution < 1.29 is 19.2 Å². The van der Waals surface area contributed by atoms with Gasteiger partial charge in [-0.1, -0.05) is 23.7 Å². The molecule has 0 aliphatic heterocycles. The quantitative estimate of drug-likeness (QED) is 0.193. The summed E-state index contributed by atoms with van der Waals surface area (Å²) >= 11 is 6.09. The van der Waals surface area contributed by atoms with Crippen molar-refractivity contribution in [2.75, 3.05) is 12.4 Å². The van der Waals surface area contributed by atoms with E-state index >= 15 is 0 Å². The van der Waals surface area contributed by atoms with Crippen LogP contribution in [0.4, 0.5) is 11.4 Å². The van der Waals surface area contributed by atoms with E-state index in [1.807, 2.05) is 6.07 Å². The van der Waals surface area contributed by atoms with Crippen molar-refractivity contribution in [1.29, 1.82) is 5.26 Å². The Labute approximate surface area is 201 Å². The third-order valence-electron chi connectivity index (χ3n) is 4.92. The van der Waals surface area contributed by atoms with E-state index in [-0.39, 0.29) is 17.9 Å². The number of nitriles is 1. The van der Waals surface area contributed by atoms with Gasteiger partial charge in [0.1, 0.15) is 18.2 Å². The number of ether oxygens (including phenoxy) is 2. The Morgan fingerprint density at radius 3 is 2.56 bits per heavy atom. The second-order valence-electron chi connectivity index (χ2n) is 7.16. The SMILES string of the molecule is COc1cc(/C=C(\C#N)C(=O)Nc2cccc(Cl)c2C)ccc1OCc1ccc([N+](=O)[O-])cc1. The molecule has 0 aliphatic rings. The number of nitro benzene ring substituents is 1. The molecule has 0 bridgehead atoms. The zero-order chi connectivity index (χ0) is 24.7. The Hall–Kier alpha value is -4.35. The monoisotopic (exact) mass is 477 g/mol. The van der Waals surface area contributed by atoms with Gasteiger partial charge in [-0.15, -0.1) is 0 Å². The summed E-state index contributed by atoms with van der Waals surface area (Å²) in [5.74, 6) is 0.278. The van der Waals surface area contributed by atoms with Crippen molar-refractivity contribution >= 4 is 35.0 Å². The molecule has 0 spiro atoms. The van der Waals surface area contributed by atoms with Crippen LogP contribution in [0.1, 0.15) is 16.7 Å². The zero-order valence-corrected chi connectivity index (χ0v) is 19.1.